The van der Waals surface area contributed by atoms with E-state index in [9.17, 15) is 18.0 Å². The molecule has 0 aliphatic heterocycles. The molecule has 0 aliphatic carbocycles. The molecule has 1 atom stereocenters. The van der Waals surface area contributed by atoms with Crippen molar-refractivity contribution < 1.29 is 18.0 Å². The number of carbonyl (C=O) groups excluding carboxylic acids is 1. The number of rotatable bonds is 2. The molecule has 0 bridgehead atoms. The molecule has 0 radical (unpaired) electrons. The summed E-state index contributed by atoms with van der Waals surface area (Å²) < 4.78 is 37.5. The molecule has 0 fully saturated rings. The van der Waals surface area contributed by atoms with E-state index >= 15 is 0 Å². The first-order chi connectivity index (χ1) is 6.34. The van der Waals surface area contributed by atoms with Crippen molar-refractivity contribution in [3.05, 3.63) is 18.2 Å². The van der Waals surface area contributed by atoms with E-state index in [1.807, 2.05) is 0 Å². The minimum Gasteiger partial charge on any atom is -0.363 e. The average Bonchev–Trinajstić information content (AvgIpc) is 2.48. The maximum absolute atomic E-state index is 12.3. The molecule has 4 nitrogen and oxygen atoms in total. The number of hydrogen-bond acceptors (Lipinski definition) is 2. The van der Waals surface area contributed by atoms with E-state index in [4.69, 9.17) is 5.73 Å². The maximum Gasteiger partial charge on any atom is 0.408 e. The summed E-state index contributed by atoms with van der Waals surface area (Å²) in [5, 5.41) is 0. The molecule has 2 N–H and O–H groups in total. The van der Waals surface area contributed by atoms with Crippen molar-refractivity contribution in [2.24, 2.45) is 5.73 Å². The van der Waals surface area contributed by atoms with E-state index in [1.54, 1.807) is 0 Å². The Morgan fingerprint density at radius 1 is 1.64 bits per heavy atom. The van der Waals surface area contributed by atoms with E-state index in [1.165, 1.54) is 0 Å². The largest absolute Gasteiger partial charge is 0.408 e. The molecule has 0 aliphatic rings. The third-order valence-corrected chi connectivity index (χ3v) is 1.78. The zero-order chi connectivity index (χ0) is 10.9. The van der Waals surface area contributed by atoms with E-state index in [0.29, 0.717) is 4.57 Å². The van der Waals surface area contributed by atoms with E-state index in [0.717, 1.165) is 19.3 Å². The number of nitrogens with two attached hydrogens (primary N) is 1. The maximum atomic E-state index is 12.3. The summed E-state index contributed by atoms with van der Waals surface area (Å²) in [7, 11) is 0. The number of alkyl halides is 3. The molecule has 1 amide bonds. The second-order valence-corrected chi connectivity index (χ2v) is 2.74. The lowest BCUT2D eigenvalue weighted by Crippen LogP contribution is -2.28. The fraction of sp³-hybridized carbons (Fsp3) is 0.429. The molecule has 14 heavy (non-hydrogen) atoms. The minimum absolute atomic E-state index is 0.394. The van der Waals surface area contributed by atoms with Gasteiger partial charge >= 0.3 is 6.18 Å². The lowest BCUT2D eigenvalue weighted by molar-refractivity contribution is -0.163. The van der Waals surface area contributed by atoms with Crippen molar-refractivity contribution in [2.45, 2.75) is 19.1 Å². The van der Waals surface area contributed by atoms with Crippen molar-refractivity contribution in [2.75, 3.05) is 0 Å². The predicted octanol–water partition coefficient (Wildman–Crippen LogP) is 1.11. The van der Waals surface area contributed by atoms with Crippen molar-refractivity contribution in [3.8, 4) is 0 Å². The van der Waals surface area contributed by atoms with Gasteiger partial charge in [0, 0.05) is 12.4 Å². The monoisotopic (exact) mass is 207 g/mol. The number of carbonyl (C=O) groups is 1. The van der Waals surface area contributed by atoms with Crippen LogP contribution in [0.2, 0.25) is 0 Å². The van der Waals surface area contributed by atoms with Crippen molar-refractivity contribution in [1.82, 2.24) is 9.55 Å². The summed E-state index contributed by atoms with van der Waals surface area (Å²) in [6.07, 6.45) is -2.26. The quantitative estimate of drug-likeness (QED) is 0.789. The Morgan fingerprint density at radius 3 is 2.64 bits per heavy atom. The number of amides is 1. The van der Waals surface area contributed by atoms with Crippen LogP contribution in [0.15, 0.2) is 12.4 Å². The zero-order valence-electron chi connectivity index (χ0n) is 7.25. The Kier molecular flexibility index (Phi) is 2.50. The number of imidazole rings is 1. The van der Waals surface area contributed by atoms with E-state index < -0.39 is 23.9 Å². The summed E-state index contributed by atoms with van der Waals surface area (Å²) in [6.45, 7) is 0.925. The highest BCUT2D eigenvalue weighted by molar-refractivity contribution is 5.89. The smallest absolute Gasteiger partial charge is 0.363 e. The molecular weight excluding hydrogens is 199 g/mol. The number of hydrogen-bond donors (Lipinski definition) is 1. The summed E-state index contributed by atoms with van der Waals surface area (Å²) in [5.41, 5.74) is 4.85. The lowest BCUT2D eigenvalue weighted by atomic mass is 10.3. The normalized spacial score (nSPS) is 14.0. The van der Waals surface area contributed by atoms with Gasteiger partial charge in [0.05, 0.1) is 0 Å². The molecule has 1 rings (SSSR count). The molecule has 1 unspecified atom stereocenters. The predicted molar refractivity (Wildman–Crippen MR) is 41.5 cm³/mol. The first-order valence-electron chi connectivity index (χ1n) is 3.73. The van der Waals surface area contributed by atoms with Crippen LogP contribution in [0.5, 0.6) is 0 Å². The van der Waals surface area contributed by atoms with Gasteiger partial charge in [-0.05, 0) is 6.92 Å². The number of halogens is 3. The Balaban J connectivity index is 3.07. The second kappa shape index (κ2) is 3.32. The van der Waals surface area contributed by atoms with Gasteiger partial charge in [0.2, 0.25) is 0 Å². The second-order valence-electron chi connectivity index (χ2n) is 2.74. The Hall–Kier alpha value is -1.53. The SMILES string of the molecule is CC(n1ccnc1C(N)=O)C(F)(F)F. The van der Waals surface area contributed by atoms with Gasteiger partial charge < -0.3 is 10.3 Å². The fourth-order valence-electron chi connectivity index (χ4n) is 0.974. The standard InChI is InChI=1S/C7H8F3N3O/c1-4(7(8,9)10)13-3-2-12-6(13)5(11)14/h2-4H,1H3,(H2,11,14). The summed E-state index contributed by atoms with van der Waals surface area (Å²) in [5.74, 6) is -1.37. The Bertz CT molecular complexity index is 344. The summed E-state index contributed by atoms with van der Waals surface area (Å²) in [6, 6.07) is -1.81. The first-order valence-corrected chi connectivity index (χ1v) is 3.73. The number of aromatic nitrogens is 2. The van der Waals surface area contributed by atoms with Gasteiger partial charge in [0.15, 0.2) is 5.82 Å². The van der Waals surface area contributed by atoms with Crippen molar-refractivity contribution >= 4 is 5.91 Å². The van der Waals surface area contributed by atoms with Crippen molar-refractivity contribution in [3.63, 3.8) is 0 Å². The zero-order valence-corrected chi connectivity index (χ0v) is 7.25. The molecule has 0 saturated carbocycles. The molecular formula is C7H8F3N3O. The molecule has 7 heteroatoms. The summed E-state index contributed by atoms with van der Waals surface area (Å²) in [4.78, 5) is 14.1. The van der Waals surface area contributed by atoms with Crippen LogP contribution >= 0.6 is 0 Å². The highest BCUT2D eigenvalue weighted by Crippen LogP contribution is 2.30. The van der Waals surface area contributed by atoms with E-state index in [-0.39, 0.29) is 0 Å². The third-order valence-electron chi connectivity index (χ3n) is 1.78. The van der Waals surface area contributed by atoms with E-state index in [2.05, 4.69) is 4.98 Å². The van der Waals surface area contributed by atoms with Crippen LogP contribution in [0.25, 0.3) is 0 Å². The molecule has 1 aromatic heterocycles. The van der Waals surface area contributed by atoms with Gasteiger partial charge in [-0.25, -0.2) is 4.98 Å². The molecule has 0 saturated heterocycles. The molecule has 1 aromatic rings. The fourth-order valence-corrected chi connectivity index (χ4v) is 0.974. The highest BCUT2D eigenvalue weighted by atomic mass is 19.4. The van der Waals surface area contributed by atoms with Crippen LogP contribution in [-0.2, 0) is 0 Å². The van der Waals surface area contributed by atoms with Gasteiger partial charge in [-0.3, -0.25) is 4.79 Å². The molecule has 1 heterocycles. The van der Waals surface area contributed by atoms with Crippen LogP contribution in [0.3, 0.4) is 0 Å². The van der Waals surface area contributed by atoms with Gasteiger partial charge in [-0.15, -0.1) is 0 Å². The van der Waals surface area contributed by atoms with Crippen LogP contribution in [0.1, 0.15) is 23.6 Å². The van der Waals surface area contributed by atoms with Gasteiger partial charge in [-0.1, -0.05) is 0 Å². The first kappa shape index (κ1) is 10.6. The van der Waals surface area contributed by atoms with Gasteiger partial charge in [0.1, 0.15) is 6.04 Å². The highest BCUT2D eigenvalue weighted by Gasteiger charge is 2.38. The Morgan fingerprint density at radius 2 is 2.21 bits per heavy atom. The molecule has 0 spiro atoms. The van der Waals surface area contributed by atoms with Gasteiger partial charge in [-0.2, -0.15) is 13.2 Å². The van der Waals surface area contributed by atoms with Crippen LogP contribution in [0, 0.1) is 0 Å². The minimum atomic E-state index is -4.43. The molecule has 0 aromatic carbocycles. The van der Waals surface area contributed by atoms with Crippen LogP contribution in [0.4, 0.5) is 13.2 Å². The topological polar surface area (TPSA) is 60.9 Å². The van der Waals surface area contributed by atoms with Crippen molar-refractivity contribution in [1.29, 1.82) is 0 Å². The molecule has 78 valence electrons. The number of nitrogens with zero attached hydrogens (tertiary/aromatic N) is 2. The van der Waals surface area contributed by atoms with Gasteiger partial charge in [0.25, 0.3) is 5.91 Å². The summed E-state index contributed by atoms with van der Waals surface area (Å²) >= 11 is 0. The third kappa shape index (κ3) is 1.86. The average molecular weight is 207 g/mol. The van der Waals surface area contributed by atoms with Crippen LogP contribution < -0.4 is 5.73 Å². The Labute approximate surface area is 77.5 Å². The lowest BCUT2D eigenvalue weighted by Gasteiger charge is -2.18. The van der Waals surface area contributed by atoms with Crippen LogP contribution in [-0.4, -0.2) is 21.6 Å². The number of primary amides is 1.